The fraction of sp³-hybridized carbons (Fsp3) is 0.200. The third-order valence-electron chi connectivity index (χ3n) is 3.99. The molecule has 2 rings (SSSR count). The Morgan fingerprint density at radius 2 is 2.03 bits per heavy atom. The number of methoxy groups -OCH3 is 1. The predicted octanol–water partition coefficient (Wildman–Crippen LogP) is 4.14. The van der Waals surface area contributed by atoms with Crippen LogP contribution in [0.3, 0.4) is 0 Å². The SMILES string of the molecule is C=N/C=C(/c1cc(C(=O)OC)c2cc(/C=C/C#N)c(C(F)(F)F)cc2n1)N(C)C. The number of aliphatic imine (C=N–C) groups is 1. The van der Waals surface area contributed by atoms with Gasteiger partial charge in [0.05, 0.1) is 47.4 Å². The molecule has 150 valence electrons. The summed E-state index contributed by atoms with van der Waals surface area (Å²) in [5.41, 5.74) is -0.597. The minimum Gasteiger partial charge on any atom is -0.465 e. The van der Waals surface area contributed by atoms with Gasteiger partial charge in [-0.2, -0.15) is 18.4 Å². The number of rotatable bonds is 5. The topological polar surface area (TPSA) is 78.6 Å². The monoisotopic (exact) mass is 402 g/mol. The summed E-state index contributed by atoms with van der Waals surface area (Å²) in [6.45, 7) is 3.38. The maximum Gasteiger partial charge on any atom is 0.417 e. The van der Waals surface area contributed by atoms with Gasteiger partial charge in [-0.25, -0.2) is 9.78 Å². The van der Waals surface area contributed by atoms with Crippen molar-refractivity contribution in [1.82, 2.24) is 9.88 Å². The molecule has 9 heteroatoms. The lowest BCUT2D eigenvalue weighted by atomic mass is 9.98. The Labute approximate surface area is 165 Å². The molecule has 0 atom stereocenters. The van der Waals surface area contributed by atoms with E-state index in [2.05, 4.69) is 16.7 Å². The number of esters is 1. The highest BCUT2D eigenvalue weighted by Gasteiger charge is 2.34. The van der Waals surface area contributed by atoms with Gasteiger partial charge in [0, 0.05) is 25.6 Å². The first kappa shape index (κ1) is 21.6. The summed E-state index contributed by atoms with van der Waals surface area (Å²) < 4.78 is 45.5. The van der Waals surface area contributed by atoms with Gasteiger partial charge in [-0.3, -0.25) is 4.99 Å². The number of pyridine rings is 1. The summed E-state index contributed by atoms with van der Waals surface area (Å²) in [5.74, 6) is -0.738. The molecule has 0 aliphatic rings. The molecule has 1 heterocycles. The van der Waals surface area contributed by atoms with Gasteiger partial charge in [-0.15, -0.1) is 0 Å². The molecule has 1 aromatic heterocycles. The molecule has 2 aromatic rings. The van der Waals surface area contributed by atoms with Gasteiger partial charge < -0.3 is 9.64 Å². The van der Waals surface area contributed by atoms with Crippen molar-refractivity contribution >= 4 is 35.4 Å². The van der Waals surface area contributed by atoms with E-state index in [1.54, 1.807) is 25.1 Å². The first-order valence-electron chi connectivity index (χ1n) is 8.18. The number of aromatic nitrogens is 1. The van der Waals surface area contributed by atoms with Crippen LogP contribution in [0.5, 0.6) is 0 Å². The number of halogens is 3. The van der Waals surface area contributed by atoms with Crippen molar-refractivity contribution in [1.29, 1.82) is 5.26 Å². The highest BCUT2D eigenvalue weighted by molar-refractivity contribution is 6.05. The third-order valence-corrected chi connectivity index (χ3v) is 3.99. The van der Waals surface area contributed by atoms with Crippen molar-refractivity contribution in [2.24, 2.45) is 4.99 Å². The van der Waals surface area contributed by atoms with Crippen LogP contribution in [-0.2, 0) is 10.9 Å². The van der Waals surface area contributed by atoms with Crippen LogP contribution in [0.4, 0.5) is 13.2 Å². The molecule has 0 aliphatic carbocycles. The Morgan fingerprint density at radius 3 is 2.55 bits per heavy atom. The number of hydrogen-bond acceptors (Lipinski definition) is 6. The second-order valence-corrected chi connectivity index (χ2v) is 6.05. The lowest BCUT2D eigenvalue weighted by molar-refractivity contribution is -0.137. The van der Waals surface area contributed by atoms with E-state index in [1.807, 2.05) is 0 Å². The van der Waals surface area contributed by atoms with Gasteiger partial charge in [0.15, 0.2) is 0 Å². The van der Waals surface area contributed by atoms with Crippen molar-refractivity contribution in [2.75, 3.05) is 21.2 Å². The Kier molecular flexibility index (Phi) is 6.38. The summed E-state index contributed by atoms with van der Waals surface area (Å²) in [4.78, 5) is 21.9. The van der Waals surface area contributed by atoms with Crippen LogP contribution in [0, 0.1) is 11.3 Å². The lowest BCUT2D eigenvalue weighted by Crippen LogP contribution is -2.14. The number of carbonyl (C=O) groups excluding carboxylic acids is 1. The standard InChI is InChI=1S/C20H17F3N4O2/c1-25-11-18(27(2)3)17-9-14(19(28)29-4)13-8-12(6-5-7-24)15(20(21,22)23)10-16(13)26-17/h5-6,8-11H,1H2,2-4H3/b6-5+,18-11-. The molecule has 29 heavy (non-hydrogen) atoms. The zero-order chi connectivity index (χ0) is 21.8. The number of ether oxygens (including phenoxy) is 1. The number of allylic oxidation sites excluding steroid dienone is 1. The molecule has 0 amide bonds. The lowest BCUT2D eigenvalue weighted by Gasteiger charge is -2.18. The van der Waals surface area contributed by atoms with Crippen LogP contribution in [0.1, 0.15) is 27.2 Å². The van der Waals surface area contributed by atoms with Crippen molar-refractivity contribution < 1.29 is 22.7 Å². The maximum absolute atomic E-state index is 13.6. The minimum atomic E-state index is -4.69. The van der Waals surface area contributed by atoms with Crippen LogP contribution in [0.2, 0.25) is 0 Å². The van der Waals surface area contributed by atoms with E-state index < -0.39 is 17.7 Å². The molecular weight excluding hydrogens is 385 g/mol. The first-order valence-corrected chi connectivity index (χ1v) is 8.18. The Bertz CT molecular complexity index is 1060. The predicted molar refractivity (Wildman–Crippen MR) is 104 cm³/mol. The van der Waals surface area contributed by atoms with Crippen molar-refractivity contribution in [2.45, 2.75) is 6.18 Å². The average Bonchev–Trinajstić information content (AvgIpc) is 2.67. The van der Waals surface area contributed by atoms with Crippen LogP contribution in [0.15, 0.2) is 35.5 Å². The molecule has 0 bridgehead atoms. The Balaban J connectivity index is 2.97. The average molecular weight is 402 g/mol. The summed E-state index contributed by atoms with van der Waals surface area (Å²) in [6, 6.07) is 5.08. The number of nitriles is 1. The number of benzene rings is 1. The van der Waals surface area contributed by atoms with E-state index in [1.165, 1.54) is 25.4 Å². The first-order chi connectivity index (χ1) is 13.6. The Morgan fingerprint density at radius 1 is 1.34 bits per heavy atom. The fourth-order valence-corrected chi connectivity index (χ4v) is 2.71. The van der Waals surface area contributed by atoms with E-state index in [4.69, 9.17) is 10.00 Å². The van der Waals surface area contributed by atoms with Gasteiger partial charge in [-0.05, 0) is 36.6 Å². The van der Waals surface area contributed by atoms with E-state index in [0.717, 1.165) is 18.2 Å². The smallest absolute Gasteiger partial charge is 0.417 e. The molecule has 0 unspecified atom stereocenters. The number of carbonyl (C=O) groups is 1. The summed E-state index contributed by atoms with van der Waals surface area (Å²) in [7, 11) is 4.55. The molecule has 0 fully saturated rings. The molecule has 0 saturated carbocycles. The summed E-state index contributed by atoms with van der Waals surface area (Å²) in [6.07, 6.45) is -1.35. The van der Waals surface area contributed by atoms with E-state index in [9.17, 15) is 18.0 Å². The molecule has 0 aliphatic heterocycles. The molecule has 0 N–H and O–H groups in total. The second kappa shape index (κ2) is 8.56. The summed E-state index contributed by atoms with van der Waals surface area (Å²) in [5, 5.41) is 8.85. The molecule has 0 saturated heterocycles. The highest BCUT2D eigenvalue weighted by Crippen LogP contribution is 2.36. The minimum absolute atomic E-state index is 0.0321. The fourth-order valence-electron chi connectivity index (χ4n) is 2.71. The Hall–Kier alpha value is -3.67. The number of alkyl halides is 3. The van der Waals surface area contributed by atoms with Gasteiger partial charge in [0.1, 0.15) is 0 Å². The van der Waals surface area contributed by atoms with Gasteiger partial charge in [0.2, 0.25) is 0 Å². The highest BCUT2D eigenvalue weighted by atomic mass is 19.4. The largest absolute Gasteiger partial charge is 0.465 e. The van der Waals surface area contributed by atoms with Crippen molar-refractivity contribution in [3.8, 4) is 6.07 Å². The zero-order valence-electron chi connectivity index (χ0n) is 15.9. The molecule has 0 spiro atoms. The normalized spacial score (nSPS) is 12.1. The van der Waals surface area contributed by atoms with E-state index >= 15 is 0 Å². The van der Waals surface area contributed by atoms with Crippen molar-refractivity contribution in [3.05, 3.63) is 52.9 Å². The van der Waals surface area contributed by atoms with Gasteiger partial charge in [-0.1, -0.05) is 0 Å². The van der Waals surface area contributed by atoms with Crippen LogP contribution < -0.4 is 0 Å². The van der Waals surface area contributed by atoms with Crippen LogP contribution in [-0.4, -0.2) is 43.8 Å². The molecule has 1 aromatic carbocycles. The number of nitrogens with zero attached hydrogens (tertiary/aromatic N) is 4. The molecule has 6 nitrogen and oxygen atoms in total. The molecule has 0 radical (unpaired) electrons. The molecular formula is C20H17F3N4O2. The van der Waals surface area contributed by atoms with Crippen molar-refractivity contribution in [3.63, 3.8) is 0 Å². The summed E-state index contributed by atoms with van der Waals surface area (Å²) >= 11 is 0. The number of fused-ring (bicyclic) bond motifs is 1. The van der Waals surface area contributed by atoms with Crippen LogP contribution in [0.25, 0.3) is 22.7 Å². The quantitative estimate of drug-likeness (QED) is 0.427. The van der Waals surface area contributed by atoms with E-state index in [0.29, 0.717) is 5.70 Å². The van der Waals surface area contributed by atoms with Gasteiger partial charge in [0.25, 0.3) is 0 Å². The third kappa shape index (κ3) is 4.60. The van der Waals surface area contributed by atoms with Gasteiger partial charge >= 0.3 is 12.1 Å². The zero-order valence-corrected chi connectivity index (χ0v) is 15.9. The maximum atomic E-state index is 13.6. The van der Waals surface area contributed by atoms with E-state index in [-0.39, 0.29) is 27.7 Å². The second-order valence-electron chi connectivity index (χ2n) is 6.05. The number of hydrogen-bond donors (Lipinski definition) is 0. The van der Waals surface area contributed by atoms with Crippen LogP contribution >= 0.6 is 0 Å².